The lowest BCUT2D eigenvalue weighted by Crippen LogP contribution is -2.58. The van der Waals surface area contributed by atoms with Crippen LogP contribution in [0.1, 0.15) is 25.7 Å². The third kappa shape index (κ3) is 2.52. The Morgan fingerprint density at radius 1 is 1.00 bits per heavy atom. The van der Waals surface area contributed by atoms with E-state index < -0.39 is 21.4 Å². The van der Waals surface area contributed by atoms with Gasteiger partial charge in [0.25, 0.3) is 5.92 Å². The Morgan fingerprint density at radius 3 is 2.38 bits per heavy atom. The molecule has 3 fully saturated rings. The highest BCUT2D eigenvalue weighted by molar-refractivity contribution is 7.90. The van der Waals surface area contributed by atoms with Gasteiger partial charge in [-0.2, -0.15) is 0 Å². The molecule has 4 nitrogen and oxygen atoms in total. The van der Waals surface area contributed by atoms with Crippen molar-refractivity contribution in [1.82, 2.24) is 4.31 Å². The van der Waals surface area contributed by atoms with Crippen LogP contribution in [0.25, 0.3) is 0 Å². The number of alkyl halides is 2. The minimum Gasteiger partial charge on any atom is -0.371 e. The number of sulfonamides is 1. The summed E-state index contributed by atoms with van der Waals surface area (Å²) < 4.78 is 55.9. The van der Waals surface area contributed by atoms with E-state index in [0.717, 1.165) is 5.69 Å². The SMILES string of the molecule is O=S(=O)(C1CC1)N1CCC(F)(F)[C@@]2(CCN(c3ccccc3)C2)C1. The minimum absolute atomic E-state index is 0.0534. The van der Waals surface area contributed by atoms with Crippen molar-refractivity contribution >= 4 is 15.7 Å². The number of benzene rings is 1. The van der Waals surface area contributed by atoms with Crippen LogP contribution >= 0.6 is 0 Å². The molecule has 1 aliphatic carbocycles. The number of rotatable bonds is 3. The summed E-state index contributed by atoms with van der Waals surface area (Å²) in [7, 11) is -3.40. The van der Waals surface area contributed by atoms with Gasteiger partial charge in [0.05, 0.1) is 10.7 Å². The van der Waals surface area contributed by atoms with Gasteiger partial charge in [0.15, 0.2) is 0 Å². The molecular weight excluding hydrogens is 334 g/mol. The molecule has 1 saturated carbocycles. The lowest BCUT2D eigenvalue weighted by molar-refractivity contribution is -0.145. The van der Waals surface area contributed by atoms with Gasteiger partial charge in [0.2, 0.25) is 10.0 Å². The molecular formula is C17H22F2N2O2S. The summed E-state index contributed by atoms with van der Waals surface area (Å²) in [6, 6.07) is 9.51. The van der Waals surface area contributed by atoms with E-state index in [4.69, 9.17) is 0 Å². The van der Waals surface area contributed by atoms with Crippen molar-refractivity contribution < 1.29 is 17.2 Å². The van der Waals surface area contributed by atoms with Gasteiger partial charge in [0.1, 0.15) is 0 Å². The zero-order valence-corrected chi connectivity index (χ0v) is 14.3. The molecule has 0 bridgehead atoms. The summed E-state index contributed by atoms with van der Waals surface area (Å²) in [4.78, 5) is 1.96. The van der Waals surface area contributed by atoms with Gasteiger partial charge in [0, 0.05) is 38.3 Å². The van der Waals surface area contributed by atoms with Crippen LogP contribution < -0.4 is 4.90 Å². The van der Waals surface area contributed by atoms with E-state index in [1.54, 1.807) is 0 Å². The van der Waals surface area contributed by atoms with E-state index in [1.165, 1.54) is 4.31 Å². The molecule has 1 aromatic rings. The molecule has 2 saturated heterocycles. The van der Waals surface area contributed by atoms with Crippen molar-refractivity contribution in [1.29, 1.82) is 0 Å². The summed E-state index contributed by atoms with van der Waals surface area (Å²) in [6.07, 6.45) is 1.28. The zero-order chi connectivity index (χ0) is 17.0. The Hall–Kier alpha value is -1.21. The van der Waals surface area contributed by atoms with Gasteiger partial charge in [-0.15, -0.1) is 0 Å². The average molecular weight is 356 g/mol. The standard InChI is InChI=1S/C17H22F2N2O2S/c18-17(19)9-11-21(24(22,23)15-6-7-15)13-16(17)8-10-20(12-16)14-4-2-1-3-5-14/h1-5,15H,6-13H2/t16-/m1/s1. The van der Waals surface area contributed by atoms with Crippen LogP contribution in [0, 0.1) is 5.41 Å². The molecule has 3 aliphatic rings. The molecule has 1 aromatic carbocycles. The van der Waals surface area contributed by atoms with Crippen LogP contribution in [0.3, 0.4) is 0 Å². The first-order valence-electron chi connectivity index (χ1n) is 8.51. The Kier molecular flexibility index (Phi) is 3.66. The normalized spacial score (nSPS) is 30.8. The Bertz CT molecular complexity index is 721. The highest BCUT2D eigenvalue weighted by Crippen LogP contribution is 2.51. The van der Waals surface area contributed by atoms with Gasteiger partial charge in [-0.3, -0.25) is 0 Å². The van der Waals surface area contributed by atoms with Crippen molar-refractivity contribution in [2.75, 3.05) is 31.1 Å². The Balaban J connectivity index is 1.60. The average Bonchev–Trinajstić information content (AvgIpc) is 3.33. The van der Waals surface area contributed by atoms with Crippen LogP contribution in [0.15, 0.2) is 30.3 Å². The number of hydrogen-bond donors (Lipinski definition) is 0. The fourth-order valence-electron chi connectivity index (χ4n) is 4.02. The topological polar surface area (TPSA) is 40.6 Å². The number of piperidine rings is 1. The molecule has 0 amide bonds. The smallest absolute Gasteiger partial charge is 0.257 e. The summed E-state index contributed by atoms with van der Waals surface area (Å²) in [5.74, 6) is -2.83. The number of halogens is 2. The molecule has 4 rings (SSSR count). The Labute approximate surface area is 141 Å². The van der Waals surface area contributed by atoms with E-state index in [9.17, 15) is 17.2 Å². The summed E-state index contributed by atoms with van der Waals surface area (Å²) in [5, 5.41) is -0.340. The number of hydrogen-bond acceptors (Lipinski definition) is 3. The zero-order valence-electron chi connectivity index (χ0n) is 13.5. The van der Waals surface area contributed by atoms with Crippen LogP contribution in [-0.2, 0) is 10.0 Å². The van der Waals surface area contributed by atoms with E-state index >= 15 is 0 Å². The minimum atomic E-state index is -3.40. The van der Waals surface area contributed by atoms with Gasteiger partial charge < -0.3 is 4.90 Å². The van der Waals surface area contributed by atoms with Crippen LogP contribution in [0.2, 0.25) is 0 Å². The van der Waals surface area contributed by atoms with E-state index in [-0.39, 0.29) is 31.3 Å². The Morgan fingerprint density at radius 2 is 1.71 bits per heavy atom. The molecule has 0 N–H and O–H groups in total. The molecule has 0 aromatic heterocycles. The summed E-state index contributed by atoms with van der Waals surface area (Å²) in [5.41, 5.74) is -0.351. The molecule has 7 heteroatoms. The predicted octanol–water partition coefficient (Wildman–Crippen LogP) is 2.72. The fourth-order valence-corrected chi connectivity index (χ4v) is 5.94. The summed E-state index contributed by atoms with van der Waals surface area (Å²) >= 11 is 0. The number of anilines is 1. The molecule has 132 valence electrons. The highest BCUT2D eigenvalue weighted by atomic mass is 32.2. The van der Waals surface area contributed by atoms with Crippen LogP contribution in [0.4, 0.5) is 14.5 Å². The number of nitrogens with zero attached hydrogens (tertiary/aromatic N) is 2. The molecule has 1 spiro atoms. The van der Waals surface area contributed by atoms with Crippen molar-refractivity contribution in [2.24, 2.45) is 5.41 Å². The number of para-hydroxylation sites is 1. The van der Waals surface area contributed by atoms with Gasteiger partial charge in [-0.25, -0.2) is 21.5 Å². The quantitative estimate of drug-likeness (QED) is 0.836. The van der Waals surface area contributed by atoms with Crippen LogP contribution in [-0.4, -0.2) is 50.1 Å². The highest BCUT2D eigenvalue weighted by Gasteiger charge is 2.61. The second-order valence-electron chi connectivity index (χ2n) is 7.32. The molecule has 1 atom stereocenters. The lowest BCUT2D eigenvalue weighted by atomic mass is 9.76. The first-order chi connectivity index (χ1) is 11.3. The maximum atomic E-state index is 14.8. The van der Waals surface area contributed by atoms with E-state index in [2.05, 4.69) is 0 Å². The molecule has 2 aliphatic heterocycles. The predicted molar refractivity (Wildman–Crippen MR) is 88.8 cm³/mol. The molecule has 0 unspecified atom stereocenters. The molecule has 2 heterocycles. The van der Waals surface area contributed by atoms with Crippen molar-refractivity contribution in [2.45, 2.75) is 36.9 Å². The second-order valence-corrected chi connectivity index (χ2v) is 9.53. The van der Waals surface area contributed by atoms with Crippen molar-refractivity contribution in [3.8, 4) is 0 Å². The second kappa shape index (κ2) is 5.39. The largest absolute Gasteiger partial charge is 0.371 e. The summed E-state index contributed by atoms with van der Waals surface area (Å²) in [6.45, 7) is 0.638. The molecule has 0 radical (unpaired) electrons. The van der Waals surface area contributed by atoms with E-state index in [0.29, 0.717) is 25.8 Å². The van der Waals surface area contributed by atoms with E-state index in [1.807, 2.05) is 35.2 Å². The van der Waals surface area contributed by atoms with Crippen molar-refractivity contribution in [3.05, 3.63) is 30.3 Å². The third-order valence-electron chi connectivity index (χ3n) is 5.71. The monoisotopic (exact) mass is 356 g/mol. The third-order valence-corrected chi connectivity index (χ3v) is 8.06. The first-order valence-corrected chi connectivity index (χ1v) is 10.0. The van der Waals surface area contributed by atoms with Gasteiger partial charge in [-0.05, 0) is 31.4 Å². The molecule has 24 heavy (non-hydrogen) atoms. The van der Waals surface area contributed by atoms with Crippen molar-refractivity contribution in [3.63, 3.8) is 0 Å². The van der Waals surface area contributed by atoms with Gasteiger partial charge in [-0.1, -0.05) is 18.2 Å². The maximum Gasteiger partial charge on any atom is 0.257 e. The van der Waals surface area contributed by atoms with Gasteiger partial charge >= 0.3 is 0 Å². The first kappa shape index (κ1) is 16.3. The van der Waals surface area contributed by atoms with Crippen LogP contribution in [0.5, 0.6) is 0 Å². The maximum absolute atomic E-state index is 14.8. The fraction of sp³-hybridized carbons (Fsp3) is 0.647. The lowest BCUT2D eigenvalue weighted by Gasteiger charge is -2.45.